The van der Waals surface area contributed by atoms with E-state index in [9.17, 15) is 21.0 Å². The number of benzene rings is 2. The summed E-state index contributed by atoms with van der Waals surface area (Å²) in [7, 11) is 0. The standard InChI is InChI=1S/C25H18N6S2/c1-13(2)23-30-19-6-5-14(7-20(19)32-23)8-25(3,4)24-31-21-17(11-28)15(9-26)16(10-27)18(12-29)22(21)33-24/h5-7,13H,8H2,1-4H3. The Balaban J connectivity index is 1.82. The highest BCUT2D eigenvalue weighted by molar-refractivity contribution is 7.19. The van der Waals surface area contributed by atoms with Crippen molar-refractivity contribution >= 4 is 43.1 Å². The molecule has 8 heteroatoms. The van der Waals surface area contributed by atoms with Gasteiger partial charge in [-0.05, 0) is 24.1 Å². The zero-order valence-electron chi connectivity index (χ0n) is 18.5. The van der Waals surface area contributed by atoms with Crippen LogP contribution in [0.25, 0.3) is 20.4 Å². The van der Waals surface area contributed by atoms with Gasteiger partial charge in [0.1, 0.15) is 29.8 Å². The zero-order chi connectivity index (χ0) is 23.9. The molecule has 33 heavy (non-hydrogen) atoms. The van der Waals surface area contributed by atoms with Crippen molar-refractivity contribution in [3.63, 3.8) is 0 Å². The molecule has 0 atom stereocenters. The van der Waals surface area contributed by atoms with E-state index >= 15 is 0 Å². The smallest absolute Gasteiger partial charge is 0.103 e. The maximum atomic E-state index is 9.70. The lowest BCUT2D eigenvalue weighted by molar-refractivity contribution is 0.520. The van der Waals surface area contributed by atoms with Crippen molar-refractivity contribution in [3.8, 4) is 24.3 Å². The predicted molar refractivity (Wildman–Crippen MR) is 129 cm³/mol. The van der Waals surface area contributed by atoms with Crippen LogP contribution in [-0.4, -0.2) is 9.97 Å². The van der Waals surface area contributed by atoms with Crippen LogP contribution in [0.2, 0.25) is 0 Å². The van der Waals surface area contributed by atoms with E-state index in [1.165, 1.54) is 11.3 Å². The minimum atomic E-state index is -0.401. The Bertz CT molecular complexity index is 1520. The van der Waals surface area contributed by atoms with Crippen LogP contribution in [-0.2, 0) is 11.8 Å². The van der Waals surface area contributed by atoms with Crippen LogP contribution in [0.5, 0.6) is 0 Å². The summed E-state index contributed by atoms with van der Waals surface area (Å²) in [6.45, 7) is 8.40. The molecular weight excluding hydrogens is 448 g/mol. The van der Waals surface area contributed by atoms with Gasteiger partial charge in [-0.15, -0.1) is 22.7 Å². The van der Waals surface area contributed by atoms with Gasteiger partial charge in [-0.25, -0.2) is 9.97 Å². The molecule has 0 amide bonds. The van der Waals surface area contributed by atoms with E-state index < -0.39 is 5.41 Å². The molecule has 0 saturated carbocycles. The first-order chi connectivity index (χ1) is 15.7. The average molecular weight is 467 g/mol. The summed E-state index contributed by atoms with van der Waals surface area (Å²) >= 11 is 3.02. The van der Waals surface area contributed by atoms with Gasteiger partial charge in [0.15, 0.2) is 0 Å². The largest absolute Gasteiger partial charge is 0.241 e. The Morgan fingerprint density at radius 2 is 1.52 bits per heavy atom. The third kappa shape index (κ3) is 3.71. The van der Waals surface area contributed by atoms with E-state index in [2.05, 4.69) is 39.8 Å². The quantitative estimate of drug-likeness (QED) is 0.361. The van der Waals surface area contributed by atoms with Crippen molar-refractivity contribution in [1.82, 2.24) is 9.97 Å². The number of hydrogen-bond acceptors (Lipinski definition) is 8. The van der Waals surface area contributed by atoms with Crippen molar-refractivity contribution in [2.24, 2.45) is 0 Å². The van der Waals surface area contributed by atoms with Gasteiger partial charge in [0.2, 0.25) is 0 Å². The average Bonchev–Trinajstić information content (AvgIpc) is 3.41. The normalized spacial score (nSPS) is 11.3. The minimum absolute atomic E-state index is 0.0497. The summed E-state index contributed by atoms with van der Waals surface area (Å²) in [5.41, 5.74) is 2.06. The highest BCUT2D eigenvalue weighted by Crippen LogP contribution is 2.39. The molecule has 4 aromatic rings. The third-order valence-electron chi connectivity index (χ3n) is 5.48. The van der Waals surface area contributed by atoms with Gasteiger partial charge in [-0.2, -0.15) is 21.0 Å². The van der Waals surface area contributed by atoms with Crippen molar-refractivity contribution in [2.45, 2.75) is 45.4 Å². The molecule has 0 aliphatic rings. The lowest BCUT2D eigenvalue weighted by atomic mass is 9.86. The van der Waals surface area contributed by atoms with Gasteiger partial charge in [0.05, 0.1) is 47.2 Å². The lowest BCUT2D eigenvalue weighted by Gasteiger charge is -2.22. The fraction of sp³-hybridized carbons (Fsp3) is 0.280. The van der Waals surface area contributed by atoms with Crippen LogP contribution in [0.15, 0.2) is 18.2 Å². The molecule has 6 nitrogen and oxygen atoms in total. The van der Waals surface area contributed by atoms with E-state index in [0.29, 0.717) is 22.6 Å². The molecule has 0 fully saturated rings. The minimum Gasteiger partial charge on any atom is -0.241 e. The highest BCUT2D eigenvalue weighted by atomic mass is 32.1. The first-order valence-electron chi connectivity index (χ1n) is 10.2. The number of nitriles is 4. The fourth-order valence-electron chi connectivity index (χ4n) is 3.80. The van der Waals surface area contributed by atoms with E-state index in [4.69, 9.17) is 9.97 Å². The molecule has 0 aliphatic heterocycles. The highest BCUT2D eigenvalue weighted by Gasteiger charge is 2.29. The van der Waals surface area contributed by atoms with E-state index in [-0.39, 0.29) is 22.3 Å². The number of thiazole rings is 2. The first-order valence-corrected chi connectivity index (χ1v) is 11.9. The van der Waals surface area contributed by atoms with Crippen molar-refractivity contribution < 1.29 is 0 Å². The second kappa shape index (κ2) is 8.27. The van der Waals surface area contributed by atoms with Crippen molar-refractivity contribution in [2.75, 3.05) is 0 Å². The molecule has 2 heterocycles. The summed E-state index contributed by atoms with van der Waals surface area (Å²) in [6, 6.07) is 14.2. The summed E-state index contributed by atoms with van der Waals surface area (Å²) in [4.78, 5) is 9.41. The van der Waals surface area contributed by atoms with Gasteiger partial charge in [0, 0.05) is 11.3 Å². The summed E-state index contributed by atoms with van der Waals surface area (Å²) < 4.78 is 1.62. The number of fused-ring (bicyclic) bond motifs is 2. The van der Waals surface area contributed by atoms with E-state index in [0.717, 1.165) is 25.8 Å². The maximum Gasteiger partial charge on any atom is 0.103 e. The summed E-state index contributed by atoms with van der Waals surface area (Å²) in [5, 5.41) is 40.3. The molecule has 2 aromatic heterocycles. The molecule has 2 aromatic carbocycles. The molecule has 4 rings (SSSR count). The van der Waals surface area contributed by atoms with Crippen LogP contribution in [0, 0.1) is 45.3 Å². The second-order valence-corrected chi connectivity index (χ2v) is 10.8. The van der Waals surface area contributed by atoms with Crippen molar-refractivity contribution in [1.29, 1.82) is 21.0 Å². The van der Waals surface area contributed by atoms with Crippen LogP contribution in [0.3, 0.4) is 0 Å². The van der Waals surface area contributed by atoms with Crippen molar-refractivity contribution in [3.05, 3.63) is 56.0 Å². The molecule has 0 radical (unpaired) electrons. The van der Waals surface area contributed by atoms with Gasteiger partial charge in [0.25, 0.3) is 0 Å². The number of hydrogen-bond donors (Lipinski definition) is 0. The molecule has 0 N–H and O–H groups in total. The molecular formula is C25H18N6S2. The molecule has 0 spiro atoms. The Hall–Kier alpha value is -3.82. The fourth-order valence-corrected chi connectivity index (χ4v) is 6.01. The Kier molecular flexibility index (Phi) is 5.61. The van der Waals surface area contributed by atoms with Crippen LogP contribution in [0.4, 0.5) is 0 Å². The molecule has 0 aliphatic carbocycles. The summed E-state index contributed by atoms with van der Waals surface area (Å²) in [6.07, 6.45) is 0.692. The first kappa shape index (κ1) is 22.4. The zero-order valence-corrected chi connectivity index (χ0v) is 20.1. The molecule has 0 unspecified atom stereocenters. The number of rotatable bonds is 4. The van der Waals surface area contributed by atoms with Gasteiger partial charge < -0.3 is 0 Å². The second-order valence-electron chi connectivity index (χ2n) is 8.71. The maximum absolute atomic E-state index is 9.70. The molecule has 0 saturated heterocycles. The van der Waals surface area contributed by atoms with Gasteiger partial charge >= 0.3 is 0 Å². The Morgan fingerprint density at radius 1 is 0.879 bits per heavy atom. The third-order valence-corrected chi connectivity index (χ3v) is 8.23. The number of nitrogens with zero attached hydrogens (tertiary/aromatic N) is 6. The SMILES string of the molecule is CC(C)c1nc2ccc(CC(C)(C)c3nc4c(C#N)c(C#N)c(C#N)c(C#N)c4s3)cc2s1. The molecule has 160 valence electrons. The van der Waals surface area contributed by atoms with E-state index in [1.807, 2.05) is 30.3 Å². The Labute approximate surface area is 199 Å². The topological polar surface area (TPSA) is 121 Å². The van der Waals surface area contributed by atoms with Crippen LogP contribution in [0.1, 0.15) is 71.4 Å². The monoisotopic (exact) mass is 466 g/mol. The Morgan fingerprint density at radius 3 is 2.12 bits per heavy atom. The predicted octanol–water partition coefficient (Wildman–Crippen LogP) is 6.04. The van der Waals surface area contributed by atoms with Gasteiger partial charge in [-0.3, -0.25) is 0 Å². The van der Waals surface area contributed by atoms with Crippen LogP contribution >= 0.6 is 22.7 Å². The summed E-state index contributed by atoms with van der Waals surface area (Å²) in [5.74, 6) is 0.380. The molecule has 0 bridgehead atoms. The van der Waals surface area contributed by atoms with E-state index in [1.54, 1.807) is 11.3 Å². The van der Waals surface area contributed by atoms with Crippen LogP contribution < -0.4 is 0 Å². The van der Waals surface area contributed by atoms with Gasteiger partial charge in [-0.1, -0.05) is 33.8 Å². The lowest BCUT2D eigenvalue weighted by Crippen LogP contribution is -2.20. The number of aromatic nitrogens is 2.